The molecule has 6 nitrogen and oxygen atoms in total. The topological polar surface area (TPSA) is 82.1 Å². The van der Waals surface area contributed by atoms with Gasteiger partial charge in [0.15, 0.2) is 5.79 Å². The highest BCUT2D eigenvalue weighted by molar-refractivity contribution is 5.84. The van der Waals surface area contributed by atoms with E-state index in [2.05, 4.69) is 4.74 Å². The second kappa shape index (κ2) is 6.45. The second-order valence-electron chi connectivity index (χ2n) is 5.04. The summed E-state index contributed by atoms with van der Waals surface area (Å²) in [5, 5.41) is 9.24. The van der Waals surface area contributed by atoms with Crippen molar-refractivity contribution in [1.29, 1.82) is 0 Å². The van der Waals surface area contributed by atoms with E-state index in [1.165, 1.54) is 14.2 Å². The summed E-state index contributed by atoms with van der Waals surface area (Å²) in [4.78, 5) is 23.5. The highest BCUT2D eigenvalue weighted by Gasteiger charge is 2.48. The average Bonchev–Trinajstić information content (AvgIpc) is 2.41. The maximum absolute atomic E-state index is 12.1. The van der Waals surface area contributed by atoms with Crippen molar-refractivity contribution >= 4 is 11.8 Å². The maximum atomic E-state index is 12.1. The molecule has 0 aliphatic carbocycles. The fourth-order valence-electron chi connectivity index (χ4n) is 2.30. The van der Waals surface area contributed by atoms with E-state index in [9.17, 15) is 14.7 Å². The first-order valence-corrected chi connectivity index (χ1v) is 6.32. The standard InChI is InChI=1S/C13H22O6/c1-8(7-14)12-9(2)10(15)5-13(18-4,19-12)6-11(16)17-3/h8-9,12,14H,5-7H2,1-4H3/t8-,9-,12+,13+/m1/s1. The van der Waals surface area contributed by atoms with E-state index in [1.807, 2.05) is 0 Å². The van der Waals surface area contributed by atoms with Gasteiger partial charge in [-0.25, -0.2) is 0 Å². The fraction of sp³-hybridized carbons (Fsp3) is 0.846. The van der Waals surface area contributed by atoms with Crippen molar-refractivity contribution in [3.05, 3.63) is 0 Å². The zero-order valence-electron chi connectivity index (χ0n) is 11.8. The normalized spacial score (nSPS) is 33.0. The van der Waals surface area contributed by atoms with E-state index in [-0.39, 0.29) is 37.1 Å². The van der Waals surface area contributed by atoms with Crippen molar-refractivity contribution in [3.63, 3.8) is 0 Å². The Balaban J connectivity index is 2.94. The van der Waals surface area contributed by atoms with Gasteiger partial charge in [-0.15, -0.1) is 0 Å². The van der Waals surface area contributed by atoms with E-state index in [4.69, 9.17) is 9.47 Å². The van der Waals surface area contributed by atoms with Gasteiger partial charge in [-0.2, -0.15) is 0 Å². The first-order valence-electron chi connectivity index (χ1n) is 6.32. The van der Waals surface area contributed by atoms with Crippen LogP contribution in [0.3, 0.4) is 0 Å². The molecule has 0 amide bonds. The molecule has 0 unspecified atom stereocenters. The Kier molecular flexibility index (Phi) is 5.46. The van der Waals surface area contributed by atoms with Gasteiger partial charge in [0, 0.05) is 25.6 Å². The molecule has 4 atom stereocenters. The van der Waals surface area contributed by atoms with E-state index in [0.717, 1.165) is 0 Å². The van der Waals surface area contributed by atoms with Crippen LogP contribution in [0.15, 0.2) is 0 Å². The van der Waals surface area contributed by atoms with E-state index in [0.29, 0.717) is 0 Å². The van der Waals surface area contributed by atoms with Crippen LogP contribution >= 0.6 is 0 Å². The lowest BCUT2D eigenvalue weighted by atomic mass is 9.83. The number of esters is 1. The van der Waals surface area contributed by atoms with Gasteiger partial charge in [0.2, 0.25) is 0 Å². The molecule has 0 saturated carbocycles. The Morgan fingerprint density at radius 2 is 2.21 bits per heavy atom. The van der Waals surface area contributed by atoms with Crippen LogP contribution < -0.4 is 0 Å². The molecule has 1 saturated heterocycles. The van der Waals surface area contributed by atoms with Crippen LogP contribution in [0.5, 0.6) is 0 Å². The molecular formula is C13H22O6. The third-order valence-corrected chi connectivity index (χ3v) is 3.66. The lowest BCUT2D eigenvalue weighted by molar-refractivity contribution is -0.280. The zero-order valence-corrected chi connectivity index (χ0v) is 11.8. The maximum Gasteiger partial charge on any atom is 0.311 e. The molecule has 1 heterocycles. The first-order chi connectivity index (χ1) is 8.89. The minimum Gasteiger partial charge on any atom is -0.469 e. The first kappa shape index (κ1) is 16.1. The summed E-state index contributed by atoms with van der Waals surface area (Å²) >= 11 is 0. The van der Waals surface area contributed by atoms with E-state index >= 15 is 0 Å². The summed E-state index contributed by atoms with van der Waals surface area (Å²) in [6, 6.07) is 0. The molecule has 1 rings (SSSR count). The van der Waals surface area contributed by atoms with Crippen molar-refractivity contribution in [2.24, 2.45) is 11.8 Å². The monoisotopic (exact) mass is 274 g/mol. The molecule has 0 aromatic heterocycles. The minimum absolute atomic E-state index is 0.00835. The molecule has 6 heteroatoms. The molecule has 110 valence electrons. The van der Waals surface area contributed by atoms with Crippen LogP contribution in [0.25, 0.3) is 0 Å². The van der Waals surface area contributed by atoms with Gasteiger partial charge in [0.05, 0.1) is 19.6 Å². The molecule has 1 fully saturated rings. The molecule has 0 aromatic rings. The van der Waals surface area contributed by atoms with Gasteiger partial charge >= 0.3 is 5.97 Å². The summed E-state index contributed by atoms with van der Waals surface area (Å²) in [6.07, 6.45) is -0.613. The SMILES string of the molecule is COC(=O)C[C@]1(OC)CC(=O)[C@@H](C)[C@H]([C@H](C)CO)O1. The fourth-order valence-corrected chi connectivity index (χ4v) is 2.30. The lowest BCUT2D eigenvalue weighted by Gasteiger charge is -2.43. The van der Waals surface area contributed by atoms with Crippen LogP contribution in [-0.4, -0.2) is 49.6 Å². The van der Waals surface area contributed by atoms with Crippen molar-refractivity contribution < 1.29 is 28.9 Å². The summed E-state index contributed by atoms with van der Waals surface area (Å²) in [7, 11) is 2.67. The van der Waals surface area contributed by atoms with Crippen LogP contribution in [0.1, 0.15) is 26.7 Å². The van der Waals surface area contributed by atoms with Crippen molar-refractivity contribution in [2.45, 2.75) is 38.6 Å². The smallest absolute Gasteiger partial charge is 0.311 e. The number of hydrogen-bond acceptors (Lipinski definition) is 6. The number of Topliss-reactive ketones (excluding diaryl/α,β-unsaturated/α-hetero) is 1. The Bertz CT molecular complexity index is 338. The number of ether oxygens (including phenoxy) is 3. The molecule has 1 N–H and O–H groups in total. The largest absolute Gasteiger partial charge is 0.469 e. The Labute approximate surface area is 113 Å². The molecular weight excluding hydrogens is 252 g/mol. The summed E-state index contributed by atoms with van der Waals surface area (Å²) < 4.78 is 15.7. The summed E-state index contributed by atoms with van der Waals surface area (Å²) in [5.74, 6) is -2.37. The third kappa shape index (κ3) is 3.52. The average molecular weight is 274 g/mol. The summed E-state index contributed by atoms with van der Waals surface area (Å²) in [6.45, 7) is 3.45. The predicted octanol–water partition coefficient (Wildman–Crippen LogP) is 0.515. The highest BCUT2D eigenvalue weighted by Crippen LogP contribution is 2.36. The molecule has 0 radical (unpaired) electrons. The Morgan fingerprint density at radius 1 is 1.58 bits per heavy atom. The number of rotatable bonds is 5. The van der Waals surface area contributed by atoms with E-state index in [1.54, 1.807) is 13.8 Å². The lowest BCUT2D eigenvalue weighted by Crippen LogP contribution is -2.53. The Hall–Kier alpha value is -0.980. The molecule has 0 aromatic carbocycles. The van der Waals surface area contributed by atoms with Gasteiger partial charge in [-0.05, 0) is 0 Å². The van der Waals surface area contributed by atoms with Crippen LogP contribution in [0.4, 0.5) is 0 Å². The highest BCUT2D eigenvalue weighted by atomic mass is 16.7. The number of carbonyl (C=O) groups is 2. The van der Waals surface area contributed by atoms with Crippen LogP contribution in [-0.2, 0) is 23.8 Å². The number of hydrogen-bond donors (Lipinski definition) is 1. The van der Waals surface area contributed by atoms with Crippen LogP contribution in [0, 0.1) is 11.8 Å². The number of aliphatic hydroxyl groups excluding tert-OH is 1. The molecule has 1 aliphatic rings. The quantitative estimate of drug-likeness (QED) is 0.736. The molecule has 1 aliphatic heterocycles. The van der Waals surface area contributed by atoms with Crippen molar-refractivity contribution in [1.82, 2.24) is 0 Å². The van der Waals surface area contributed by atoms with Gasteiger partial charge in [0.1, 0.15) is 12.2 Å². The van der Waals surface area contributed by atoms with Crippen molar-refractivity contribution in [2.75, 3.05) is 20.8 Å². The number of carbonyl (C=O) groups excluding carboxylic acids is 2. The van der Waals surface area contributed by atoms with E-state index < -0.39 is 17.9 Å². The second-order valence-corrected chi connectivity index (χ2v) is 5.04. The number of methoxy groups -OCH3 is 2. The van der Waals surface area contributed by atoms with Gasteiger partial charge in [0.25, 0.3) is 0 Å². The Morgan fingerprint density at radius 3 is 2.68 bits per heavy atom. The van der Waals surface area contributed by atoms with Gasteiger partial charge in [-0.3, -0.25) is 9.59 Å². The predicted molar refractivity (Wildman–Crippen MR) is 66.3 cm³/mol. The summed E-state index contributed by atoms with van der Waals surface area (Å²) in [5.41, 5.74) is 0. The zero-order chi connectivity index (χ0) is 14.6. The number of aliphatic hydroxyl groups is 1. The molecule has 19 heavy (non-hydrogen) atoms. The van der Waals surface area contributed by atoms with Gasteiger partial charge < -0.3 is 19.3 Å². The molecule has 0 bridgehead atoms. The minimum atomic E-state index is -1.29. The van der Waals surface area contributed by atoms with Gasteiger partial charge in [-0.1, -0.05) is 13.8 Å². The molecule has 0 spiro atoms. The van der Waals surface area contributed by atoms with Crippen LogP contribution in [0.2, 0.25) is 0 Å². The third-order valence-electron chi connectivity index (χ3n) is 3.66. The van der Waals surface area contributed by atoms with Crippen molar-refractivity contribution in [3.8, 4) is 0 Å². The number of ketones is 1.